The van der Waals surface area contributed by atoms with Gasteiger partial charge in [0, 0.05) is 28.0 Å². The number of rotatable bonds is 1. The average Bonchev–Trinajstić information content (AvgIpc) is 2.42. The first-order chi connectivity index (χ1) is 6.54. The van der Waals surface area contributed by atoms with Crippen LogP contribution in [0.25, 0.3) is 0 Å². The molecule has 0 N–H and O–H groups in total. The van der Waals surface area contributed by atoms with E-state index in [1.165, 1.54) is 16.2 Å². The van der Waals surface area contributed by atoms with Gasteiger partial charge in [0.1, 0.15) is 0 Å². The van der Waals surface area contributed by atoms with Crippen molar-refractivity contribution >= 4 is 17.7 Å². The van der Waals surface area contributed by atoms with Gasteiger partial charge in [-0.2, -0.15) is 0 Å². The molecule has 14 heavy (non-hydrogen) atoms. The van der Waals surface area contributed by atoms with Gasteiger partial charge in [-0.25, -0.2) is 4.40 Å². The van der Waals surface area contributed by atoms with Crippen molar-refractivity contribution in [1.82, 2.24) is 0 Å². The van der Waals surface area contributed by atoms with Gasteiger partial charge in [-0.05, 0) is 37.8 Å². The molecule has 0 bridgehead atoms. The summed E-state index contributed by atoms with van der Waals surface area (Å²) in [5.41, 5.74) is 2.95. The summed E-state index contributed by atoms with van der Waals surface area (Å²) in [5, 5.41) is 0. The average molecular weight is 207 g/mol. The van der Waals surface area contributed by atoms with Crippen LogP contribution in [0.3, 0.4) is 0 Å². The van der Waals surface area contributed by atoms with E-state index in [-0.39, 0.29) is 5.41 Å². The number of fused-ring (bicyclic) bond motifs is 1. The van der Waals surface area contributed by atoms with Crippen LogP contribution in [0.2, 0.25) is 0 Å². The van der Waals surface area contributed by atoms with Crippen molar-refractivity contribution in [2.24, 2.45) is 15.7 Å². The maximum absolute atomic E-state index is 4.48. The predicted molar refractivity (Wildman–Crippen MR) is 64.4 cm³/mol. The highest BCUT2D eigenvalue weighted by atomic mass is 32.2. The molecule has 1 unspecified atom stereocenters. The quantitative estimate of drug-likeness (QED) is 0.592. The zero-order valence-corrected chi connectivity index (χ0v) is 10.1. The maximum Gasteiger partial charge on any atom is 0.0424 e. The summed E-state index contributed by atoms with van der Waals surface area (Å²) in [6.07, 6.45) is 5.83. The zero-order valence-electron chi connectivity index (χ0n) is 9.29. The highest BCUT2D eigenvalue weighted by Crippen LogP contribution is 2.49. The summed E-state index contributed by atoms with van der Waals surface area (Å²) >= 11 is 1.66. The molecule has 1 heterocycles. The fourth-order valence-electron chi connectivity index (χ4n) is 1.87. The van der Waals surface area contributed by atoms with Crippen LogP contribution in [0.4, 0.5) is 0 Å². The molecule has 2 rings (SSSR count). The SMILES string of the molecule is CC1=NSC2=CC(C(C)C)=CCC21C. The summed E-state index contributed by atoms with van der Waals surface area (Å²) in [4.78, 5) is 1.43. The zero-order chi connectivity index (χ0) is 10.3. The van der Waals surface area contributed by atoms with Crippen molar-refractivity contribution < 1.29 is 0 Å². The van der Waals surface area contributed by atoms with Crippen LogP contribution < -0.4 is 0 Å². The fourth-order valence-corrected chi connectivity index (χ4v) is 2.92. The normalized spacial score (nSPS) is 31.1. The predicted octanol–water partition coefficient (Wildman–Crippen LogP) is 3.99. The van der Waals surface area contributed by atoms with Crippen molar-refractivity contribution in [1.29, 1.82) is 0 Å². The lowest BCUT2D eigenvalue weighted by atomic mass is 9.77. The molecule has 1 atom stereocenters. The van der Waals surface area contributed by atoms with E-state index in [4.69, 9.17) is 0 Å². The second-order valence-electron chi connectivity index (χ2n) is 4.67. The van der Waals surface area contributed by atoms with Gasteiger partial charge in [-0.15, -0.1) is 0 Å². The Kier molecular flexibility index (Phi) is 2.34. The molecular weight excluding hydrogens is 190 g/mol. The van der Waals surface area contributed by atoms with E-state index in [0.717, 1.165) is 6.42 Å². The fraction of sp³-hybridized carbons (Fsp3) is 0.583. The van der Waals surface area contributed by atoms with E-state index >= 15 is 0 Å². The van der Waals surface area contributed by atoms with Crippen molar-refractivity contribution in [2.45, 2.75) is 34.1 Å². The maximum atomic E-state index is 4.48. The molecule has 0 aromatic heterocycles. The standard InChI is InChI=1S/C12H17NS/c1-8(2)10-5-6-12(4)9(3)13-14-11(12)7-10/h5,7-8H,6H2,1-4H3. The van der Waals surface area contributed by atoms with E-state index in [2.05, 4.69) is 44.2 Å². The third-order valence-electron chi connectivity index (χ3n) is 3.33. The second-order valence-corrected chi connectivity index (χ2v) is 5.48. The van der Waals surface area contributed by atoms with Crippen LogP contribution >= 0.6 is 11.9 Å². The third kappa shape index (κ3) is 1.36. The summed E-state index contributed by atoms with van der Waals surface area (Å²) < 4.78 is 4.48. The van der Waals surface area contributed by atoms with E-state index in [0.29, 0.717) is 5.92 Å². The molecule has 0 spiro atoms. The lowest BCUT2D eigenvalue weighted by Crippen LogP contribution is -2.24. The number of hydrogen-bond acceptors (Lipinski definition) is 2. The Hall–Kier alpha value is -0.500. The van der Waals surface area contributed by atoms with Crippen LogP contribution in [0, 0.1) is 11.3 Å². The lowest BCUT2D eigenvalue weighted by molar-refractivity contribution is 0.582. The molecule has 76 valence electrons. The molecule has 0 radical (unpaired) electrons. The number of hydrogen-bond donors (Lipinski definition) is 0. The van der Waals surface area contributed by atoms with Gasteiger partial charge in [0.15, 0.2) is 0 Å². The summed E-state index contributed by atoms with van der Waals surface area (Å²) in [6, 6.07) is 0. The molecule has 2 heteroatoms. The Morgan fingerprint density at radius 3 is 2.86 bits per heavy atom. The largest absolute Gasteiger partial charge is 0.220 e. The van der Waals surface area contributed by atoms with Crippen molar-refractivity contribution in [2.75, 3.05) is 0 Å². The molecule has 2 aliphatic rings. The van der Waals surface area contributed by atoms with Gasteiger partial charge in [0.2, 0.25) is 0 Å². The minimum Gasteiger partial charge on any atom is -0.220 e. The molecular formula is C12H17NS. The Balaban J connectivity index is 2.32. The molecule has 1 nitrogen and oxygen atoms in total. The first-order valence-corrected chi connectivity index (χ1v) is 5.95. The van der Waals surface area contributed by atoms with Crippen molar-refractivity contribution in [3.05, 3.63) is 22.6 Å². The molecule has 0 amide bonds. The van der Waals surface area contributed by atoms with Gasteiger partial charge in [-0.3, -0.25) is 0 Å². The molecule has 0 fully saturated rings. The van der Waals surface area contributed by atoms with E-state index < -0.39 is 0 Å². The minimum absolute atomic E-state index is 0.211. The molecule has 0 aromatic carbocycles. The summed E-state index contributed by atoms with van der Waals surface area (Å²) in [7, 11) is 0. The van der Waals surface area contributed by atoms with Crippen molar-refractivity contribution in [3.63, 3.8) is 0 Å². The number of allylic oxidation sites excluding steroid dienone is 4. The van der Waals surface area contributed by atoms with Gasteiger partial charge in [0.05, 0.1) is 0 Å². The third-order valence-corrected chi connectivity index (χ3v) is 4.46. The Labute approximate surface area is 90.5 Å². The van der Waals surface area contributed by atoms with Crippen LogP contribution in [-0.2, 0) is 0 Å². The molecule has 0 saturated carbocycles. The Morgan fingerprint density at radius 1 is 1.50 bits per heavy atom. The first-order valence-electron chi connectivity index (χ1n) is 5.18. The van der Waals surface area contributed by atoms with Crippen LogP contribution in [0.5, 0.6) is 0 Å². The summed E-state index contributed by atoms with van der Waals surface area (Å²) in [6.45, 7) is 8.94. The van der Waals surface area contributed by atoms with Gasteiger partial charge < -0.3 is 0 Å². The van der Waals surface area contributed by atoms with Gasteiger partial charge >= 0.3 is 0 Å². The van der Waals surface area contributed by atoms with Crippen LogP contribution in [0.1, 0.15) is 34.1 Å². The summed E-state index contributed by atoms with van der Waals surface area (Å²) in [5.74, 6) is 0.633. The number of nitrogens with zero attached hydrogens (tertiary/aromatic N) is 1. The van der Waals surface area contributed by atoms with Gasteiger partial charge in [-0.1, -0.05) is 19.9 Å². The Morgan fingerprint density at radius 2 is 2.21 bits per heavy atom. The van der Waals surface area contributed by atoms with E-state index in [9.17, 15) is 0 Å². The van der Waals surface area contributed by atoms with Crippen LogP contribution in [0.15, 0.2) is 27.0 Å². The molecule has 0 aromatic rings. The Bertz CT molecular complexity index is 349. The van der Waals surface area contributed by atoms with E-state index in [1.807, 2.05) is 0 Å². The molecule has 1 aliphatic carbocycles. The highest BCUT2D eigenvalue weighted by Gasteiger charge is 2.38. The monoisotopic (exact) mass is 207 g/mol. The highest BCUT2D eigenvalue weighted by molar-refractivity contribution is 8.02. The first kappa shape index (κ1) is 10.0. The van der Waals surface area contributed by atoms with Gasteiger partial charge in [0.25, 0.3) is 0 Å². The minimum atomic E-state index is 0.211. The smallest absolute Gasteiger partial charge is 0.0424 e. The second kappa shape index (κ2) is 3.27. The van der Waals surface area contributed by atoms with E-state index in [1.54, 1.807) is 11.9 Å². The molecule has 0 saturated heterocycles. The lowest BCUT2D eigenvalue weighted by Gasteiger charge is -2.29. The molecule has 1 aliphatic heterocycles. The van der Waals surface area contributed by atoms with Crippen molar-refractivity contribution in [3.8, 4) is 0 Å². The topological polar surface area (TPSA) is 12.4 Å². The van der Waals surface area contributed by atoms with Crippen LogP contribution in [-0.4, -0.2) is 5.71 Å².